The summed E-state index contributed by atoms with van der Waals surface area (Å²) in [6, 6.07) is 9.07. The summed E-state index contributed by atoms with van der Waals surface area (Å²) >= 11 is 0. The van der Waals surface area contributed by atoms with Crippen LogP contribution in [0.3, 0.4) is 0 Å². The summed E-state index contributed by atoms with van der Waals surface area (Å²) in [5.41, 5.74) is 6.15. The molecule has 0 bridgehead atoms. The lowest BCUT2D eigenvalue weighted by Crippen LogP contribution is -2.58. The Morgan fingerprint density at radius 3 is 2.10 bits per heavy atom. The third kappa shape index (κ3) is 5.91. The summed E-state index contributed by atoms with van der Waals surface area (Å²) < 4.78 is 59.0. The third-order valence-electron chi connectivity index (χ3n) is 5.71. The van der Waals surface area contributed by atoms with Crippen LogP contribution in [-0.2, 0) is 14.8 Å². The molecule has 12 nitrogen and oxygen atoms in total. The Morgan fingerprint density at radius 1 is 1.05 bits per heavy atom. The molecule has 0 aliphatic heterocycles. The molecule has 0 saturated heterocycles. The number of sulfonamides is 1. The molecule has 3 rings (SSSR count). The van der Waals surface area contributed by atoms with Gasteiger partial charge in [-0.15, -0.1) is 4.41 Å². The largest absolute Gasteiger partial charge is 0.494 e. The smallest absolute Gasteiger partial charge is 0.278 e. The predicted octanol–water partition coefficient (Wildman–Crippen LogP) is 2.80. The van der Waals surface area contributed by atoms with E-state index in [1.165, 1.54) is 64.9 Å². The van der Waals surface area contributed by atoms with Crippen LogP contribution < -0.4 is 20.2 Å². The van der Waals surface area contributed by atoms with Crippen LogP contribution in [0.1, 0.15) is 34.8 Å². The van der Waals surface area contributed by atoms with Crippen LogP contribution in [-0.4, -0.2) is 61.2 Å². The molecule has 2 aromatic carbocycles. The standard InChI is InChI=1S/C25H29FN6O6S/c1-15-13-29-23(30-14-15)22(38-5)16(2)39(34,35)32(25(27)28)31(24(33)17-8-6-9-18(26)12-17)21-19(36-3)10-7-11-20(21)37-4/h6-14,16,22H,1-5H3,(H3,27,28)/t16-,22-/m0/s1. The van der Waals surface area contributed by atoms with Crippen LogP contribution in [0.25, 0.3) is 0 Å². The van der Waals surface area contributed by atoms with Crippen molar-refractivity contribution in [1.82, 2.24) is 14.4 Å². The van der Waals surface area contributed by atoms with Gasteiger partial charge in [0, 0.05) is 25.1 Å². The van der Waals surface area contributed by atoms with Gasteiger partial charge in [0.1, 0.15) is 28.7 Å². The maximum absolute atomic E-state index is 14.1. The average molecular weight is 561 g/mol. The van der Waals surface area contributed by atoms with Crippen molar-refractivity contribution in [2.45, 2.75) is 25.2 Å². The minimum Gasteiger partial charge on any atom is -0.494 e. The number of nitrogens with zero attached hydrogens (tertiary/aromatic N) is 4. The number of ether oxygens (including phenoxy) is 3. The van der Waals surface area contributed by atoms with Gasteiger partial charge in [-0.1, -0.05) is 12.1 Å². The number of halogens is 1. The fourth-order valence-electron chi connectivity index (χ4n) is 3.79. The first kappa shape index (κ1) is 29.3. The van der Waals surface area contributed by atoms with E-state index in [0.29, 0.717) is 9.42 Å². The first-order valence-electron chi connectivity index (χ1n) is 11.5. The van der Waals surface area contributed by atoms with E-state index < -0.39 is 39.1 Å². The zero-order valence-electron chi connectivity index (χ0n) is 22.0. The van der Waals surface area contributed by atoms with E-state index in [1.807, 2.05) is 0 Å². The Kier molecular flexibility index (Phi) is 9.04. The van der Waals surface area contributed by atoms with Crippen molar-refractivity contribution in [2.24, 2.45) is 5.73 Å². The number of aromatic nitrogens is 2. The molecule has 3 N–H and O–H groups in total. The topological polar surface area (TPSA) is 161 Å². The van der Waals surface area contributed by atoms with Gasteiger partial charge in [-0.05, 0) is 49.7 Å². The molecule has 1 amide bonds. The van der Waals surface area contributed by atoms with E-state index >= 15 is 0 Å². The minimum absolute atomic E-state index is 0.0124. The molecular weight excluding hydrogens is 531 g/mol. The number of nitrogens with two attached hydrogens (primary N) is 1. The summed E-state index contributed by atoms with van der Waals surface area (Å²) in [5.74, 6) is -2.74. The summed E-state index contributed by atoms with van der Waals surface area (Å²) in [6.07, 6.45) is 1.77. The average Bonchev–Trinajstić information content (AvgIpc) is 2.91. The Bertz CT molecular complexity index is 1430. The monoisotopic (exact) mass is 560 g/mol. The Morgan fingerprint density at radius 2 is 1.62 bits per heavy atom. The van der Waals surface area contributed by atoms with Crippen LogP contribution in [0.5, 0.6) is 11.5 Å². The SMILES string of the molecule is COc1cccc(OC)c1N(C(=O)c1cccc(F)c1)N(C(=N)N)S(=O)(=O)[C@@H](C)[C@H](OC)c1ncc(C)cn1. The molecule has 0 radical (unpaired) electrons. The highest BCUT2D eigenvalue weighted by Gasteiger charge is 2.44. The van der Waals surface area contributed by atoms with Crippen LogP contribution in [0.2, 0.25) is 0 Å². The van der Waals surface area contributed by atoms with Gasteiger partial charge < -0.3 is 19.9 Å². The number of hydrogen-bond donors (Lipinski definition) is 2. The first-order valence-corrected chi connectivity index (χ1v) is 13.0. The normalized spacial score (nSPS) is 12.8. The van der Waals surface area contributed by atoms with Crippen molar-refractivity contribution < 1.29 is 31.8 Å². The number of guanidine groups is 1. The number of para-hydroxylation sites is 1. The summed E-state index contributed by atoms with van der Waals surface area (Å²) in [6.45, 7) is 3.06. The predicted molar refractivity (Wildman–Crippen MR) is 141 cm³/mol. The molecule has 0 fully saturated rings. The molecule has 0 unspecified atom stereocenters. The van der Waals surface area contributed by atoms with Gasteiger partial charge in [0.15, 0.2) is 11.5 Å². The number of carbonyl (C=O) groups is 1. The molecule has 0 saturated carbocycles. The number of benzene rings is 2. The number of anilines is 1. The van der Waals surface area contributed by atoms with Gasteiger partial charge >= 0.3 is 0 Å². The molecule has 0 aliphatic carbocycles. The quantitative estimate of drug-likeness (QED) is 0.228. The van der Waals surface area contributed by atoms with Gasteiger partial charge in [-0.3, -0.25) is 10.2 Å². The van der Waals surface area contributed by atoms with Crippen LogP contribution in [0.15, 0.2) is 54.9 Å². The molecule has 0 spiro atoms. The van der Waals surface area contributed by atoms with Crippen molar-refractivity contribution in [1.29, 1.82) is 5.41 Å². The highest BCUT2D eigenvalue weighted by atomic mass is 32.2. The Balaban J connectivity index is 2.28. The van der Waals surface area contributed by atoms with E-state index in [1.54, 1.807) is 13.0 Å². The van der Waals surface area contributed by atoms with E-state index in [2.05, 4.69) is 9.97 Å². The van der Waals surface area contributed by atoms with Crippen molar-refractivity contribution in [2.75, 3.05) is 26.3 Å². The van der Waals surface area contributed by atoms with E-state index in [-0.39, 0.29) is 28.6 Å². The summed E-state index contributed by atoms with van der Waals surface area (Å²) in [4.78, 5) is 22.3. The van der Waals surface area contributed by atoms with Crippen molar-refractivity contribution in [3.63, 3.8) is 0 Å². The molecule has 208 valence electrons. The molecule has 39 heavy (non-hydrogen) atoms. The first-order chi connectivity index (χ1) is 18.5. The number of methoxy groups -OCH3 is 3. The summed E-state index contributed by atoms with van der Waals surface area (Å²) in [7, 11) is -0.877. The second-order valence-electron chi connectivity index (χ2n) is 8.29. The van der Waals surface area contributed by atoms with Crippen molar-refractivity contribution in [3.05, 3.63) is 77.6 Å². The molecular formula is C25H29FN6O6S. The number of hydrogen-bond acceptors (Lipinski definition) is 9. The lowest BCUT2D eigenvalue weighted by atomic mass is 10.2. The summed E-state index contributed by atoms with van der Waals surface area (Å²) in [5, 5.41) is 7.39. The Labute approximate surface area is 225 Å². The molecule has 1 aromatic heterocycles. The van der Waals surface area contributed by atoms with Crippen LogP contribution >= 0.6 is 0 Å². The van der Waals surface area contributed by atoms with E-state index in [9.17, 15) is 17.6 Å². The maximum atomic E-state index is 14.1. The van der Waals surface area contributed by atoms with Crippen molar-refractivity contribution >= 4 is 27.6 Å². The maximum Gasteiger partial charge on any atom is 0.278 e. The molecule has 1 heterocycles. The molecule has 14 heteroatoms. The number of aryl methyl sites for hydroxylation is 1. The second kappa shape index (κ2) is 12.0. The van der Waals surface area contributed by atoms with E-state index in [0.717, 1.165) is 17.7 Å². The van der Waals surface area contributed by atoms with Gasteiger partial charge in [0.2, 0.25) is 5.96 Å². The molecule has 0 aliphatic rings. The fourth-order valence-corrected chi connectivity index (χ4v) is 5.31. The minimum atomic E-state index is -4.75. The van der Waals surface area contributed by atoms with Gasteiger partial charge in [0.25, 0.3) is 15.9 Å². The highest BCUT2D eigenvalue weighted by Crippen LogP contribution is 2.41. The zero-order valence-corrected chi connectivity index (χ0v) is 22.8. The van der Waals surface area contributed by atoms with Gasteiger partial charge in [-0.2, -0.15) is 5.01 Å². The number of amides is 1. The van der Waals surface area contributed by atoms with Crippen LogP contribution in [0.4, 0.5) is 10.1 Å². The van der Waals surface area contributed by atoms with Gasteiger partial charge in [-0.25, -0.2) is 22.8 Å². The number of hydrazine groups is 1. The van der Waals surface area contributed by atoms with Crippen molar-refractivity contribution in [3.8, 4) is 11.5 Å². The van der Waals surface area contributed by atoms with E-state index in [4.69, 9.17) is 25.4 Å². The third-order valence-corrected chi connectivity index (χ3v) is 7.74. The highest BCUT2D eigenvalue weighted by molar-refractivity contribution is 7.90. The lowest BCUT2D eigenvalue weighted by molar-refractivity contribution is 0.0913. The van der Waals surface area contributed by atoms with Gasteiger partial charge in [0.05, 0.1) is 14.2 Å². The van der Waals surface area contributed by atoms with Crippen LogP contribution in [0, 0.1) is 18.2 Å². The second-order valence-corrected chi connectivity index (χ2v) is 10.4. The number of rotatable bonds is 9. The lowest BCUT2D eigenvalue weighted by Gasteiger charge is -2.37. The molecule has 3 aromatic rings. The Hall–Kier alpha value is -4.30. The fraction of sp³-hybridized carbons (Fsp3) is 0.280. The number of nitrogens with one attached hydrogen (secondary N) is 1. The molecule has 2 atom stereocenters. The zero-order chi connectivity index (χ0) is 28.9. The number of carbonyl (C=O) groups excluding carboxylic acids is 1.